The molecule has 154 valence electrons. The zero-order valence-electron chi connectivity index (χ0n) is 16.6. The van der Waals surface area contributed by atoms with Crippen molar-refractivity contribution in [3.05, 3.63) is 69.2 Å². The van der Waals surface area contributed by atoms with Crippen molar-refractivity contribution in [2.24, 2.45) is 0 Å². The summed E-state index contributed by atoms with van der Waals surface area (Å²) in [5.41, 5.74) is 9.08. The molecule has 1 saturated heterocycles. The van der Waals surface area contributed by atoms with E-state index >= 15 is 0 Å². The quantitative estimate of drug-likeness (QED) is 0.542. The Labute approximate surface area is 171 Å². The minimum absolute atomic E-state index is 0.00608. The van der Waals surface area contributed by atoms with Crippen molar-refractivity contribution in [3.63, 3.8) is 0 Å². The largest absolute Gasteiger partial charge is 0.373 e. The van der Waals surface area contributed by atoms with Gasteiger partial charge in [0.2, 0.25) is 11.8 Å². The number of anilines is 1. The van der Waals surface area contributed by atoms with E-state index in [1.807, 2.05) is 6.07 Å². The van der Waals surface area contributed by atoms with Crippen LogP contribution in [0.15, 0.2) is 39.8 Å². The molecule has 5 rings (SSSR count). The van der Waals surface area contributed by atoms with Crippen LogP contribution in [0.2, 0.25) is 0 Å². The number of benzene rings is 1. The van der Waals surface area contributed by atoms with Gasteiger partial charge in [-0.05, 0) is 25.8 Å². The molecule has 10 nitrogen and oxygen atoms in total. The highest BCUT2D eigenvalue weighted by molar-refractivity contribution is 5.51. The molecule has 0 aliphatic carbocycles. The molecule has 4 aromatic rings. The molecule has 2 N–H and O–H groups in total. The molecule has 3 aromatic heterocycles. The van der Waals surface area contributed by atoms with Gasteiger partial charge in [-0.3, -0.25) is 9.36 Å². The van der Waals surface area contributed by atoms with E-state index < -0.39 is 0 Å². The van der Waals surface area contributed by atoms with Gasteiger partial charge in [-0.1, -0.05) is 35.0 Å². The van der Waals surface area contributed by atoms with E-state index in [9.17, 15) is 4.79 Å². The summed E-state index contributed by atoms with van der Waals surface area (Å²) in [6, 6.07) is 8.29. The Morgan fingerprint density at radius 3 is 3.00 bits per heavy atom. The van der Waals surface area contributed by atoms with Crippen molar-refractivity contribution in [3.8, 4) is 0 Å². The highest BCUT2D eigenvalue weighted by atomic mass is 16.5. The summed E-state index contributed by atoms with van der Waals surface area (Å²) in [5.74, 6) is 0.918. The maximum absolute atomic E-state index is 12.8. The van der Waals surface area contributed by atoms with Crippen LogP contribution in [0.1, 0.15) is 46.8 Å². The van der Waals surface area contributed by atoms with Crippen LogP contribution in [0.5, 0.6) is 0 Å². The van der Waals surface area contributed by atoms with E-state index in [1.54, 1.807) is 13.1 Å². The van der Waals surface area contributed by atoms with Crippen LogP contribution in [0.4, 0.5) is 5.95 Å². The number of hydrogen-bond acceptors (Lipinski definition) is 8. The number of nitrogens with zero attached hydrogens (tertiary/aromatic N) is 6. The fraction of sp³-hybridized carbons (Fsp3) is 0.350. The predicted octanol–water partition coefficient (Wildman–Crippen LogP) is 1.77. The van der Waals surface area contributed by atoms with Gasteiger partial charge in [-0.25, -0.2) is 0 Å². The summed E-state index contributed by atoms with van der Waals surface area (Å²) >= 11 is 0. The van der Waals surface area contributed by atoms with Crippen LogP contribution in [0, 0.1) is 13.8 Å². The van der Waals surface area contributed by atoms with E-state index in [1.165, 1.54) is 14.8 Å². The average molecular weight is 407 g/mol. The molecule has 1 aromatic carbocycles. The molecule has 1 aliphatic heterocycles. The van der Waals surface area contributed by atoms with Crippen molar-refractivity contribution in [1.29, 1.82) is 0 Å². The first kappa shape index (κ1) is 18.5. The molecular weight excluding hydrogens is 386 g/mol. The zero-order chi connectivity index (χ0) is 20.8. The second-order valence-corrected chi connectivity index (χ2v) is 7.63. The van der Waals surface area contributed by atoms with Crippen LogP contribution >= 0.6 is 0 Å². The summed E-state index contributed by atoms with van der Waals surface area (Å²) in [6.45, 7) is 4.41. The SMILES string of the molecule is Cc1cccc([C@H]2C[C@H](c3noc(Cn4c(N)nn5ncc(C)c5c4=O)n3)CO2)c1. The molecule has 0 unspecified atom stereocenters. The first-order valence-electron chi connectivity index (χ1n) is 9.71. The fourth-order valence-electron chi connectivity index (χ4n) is 3.83. The van der Waals surface area contributed by atoms with Gasteiger partial charge >= 0.3 is 0 Å². The smallest absolute Gasteiger partial charge is 0.281 e. The van der Waals surface area contributed by atoms with Gasteiger partial charge in [0.1, 0.15) is 6.54 Å². The van der Waals surface area contributed by atoms with Crippen molar-refractivity contribution >= 4 is 11.5 Å². The van der Waals surface area contributed by atoms with Crippen molar-refractivity contribution in [1.82, 2.24) is 29.5 Å². The number of aromatic nitrogens is 6. The van der Waals surface area contributed by atoms with Crippen LogP contribution in [0.25, 0.3) is 5.52 Å². The highest BCUT2D eigenvalue weighted by Crippen LogP contribution is 2.37. The van der Waals surface area contributed by atoms with Gasteiger partial charge < -0.3 is 15.0 Å². The number of hydrogen-bond donors (Lipinski definition) is 1. The minimum Gasteiger partial charge on any atom is -0.373 e. The minimum atomic E-state index is -0.305. The third-order valence-corrected chi connectivity index (χ3v) is 5.41. The standard InChI is InChI=1S/C20H21N7O3/c1-11-4-3-5-13(6-11)15-7-14(10-29-15)18-23-16(30-25-18)9-26-19(28)17-12(2)8-22-27(17)24-20(26)21/h3-6,8,14-15H,7,9-10H2,1-2H3,(H2,21,24)/t14-,15+/m0/s1. The molecule has 0 radical (unpaired) electrons. The monoisotopic (exact) mass is 407 g/mol. The summed E-state index contributed by atoms with van der Waals surface area (Å²) in [6.07, 6.45) is 2.35. The van der Waals surface area contributed by atoms with Gasteiger partial charge in [-0.15, -0.1) is 9.73 Å². The lowest BCUT2D eigenvalue weighted by atomic mass is 9.99. The molecule has 1 fully saturated rings. The fourth-order valence-corrected chi connectivity index (χ4v) is 3.83. The van der Waals surface area contributed by atoms with Crippen LogP contribution in [-0.2, 0) is 11.3 Å². The summed E-state index contributed by atoms with van der Waals surface area (Å²) in [7, 11) is 0. The topological polar surface area (TPSA) is 126 Å². The van der Waals surface area contributed by atoms with Crippen molar-refractivity contribution in [2.45, 2.75) is 38.8 Å². The zero-order valence-corrected chi connectivity index (χ0v) is 16.6. The lowest BCUT2D eigenvalue weighted by Gasteiger charge is -2.09. The van der Waals surface area contributed by atoms with E-state index in [-0.39, 0.29) is 30.1 Å². The number of aryl methyl sites for hydroxylation is 2. The maximum atomic E-state index is 12.8. The third kappa shape index (κ3) is 3.14. The van der Waals surface area contributed by atoms with Crippen molar-refractivity contribution < 1.29 is 9.26 Å². The van der Waals surface area contributed by atoms with Gasteiger partial charge in [0, 0.05) is 11.5 Å². The number of ether oxygens (including phenoxy) is 1. The molecule has 1 aliphatic rings. The molecule has 0 spiro atoms. The van der Waals surface area contributed by atoms with Crippen LogP contribution in [0.3, 0.4) is 0 Å². The molecule has 0 bridgehead atoms. The first-order chi connectivity index (χ1) is 14.5. The van der Waals surface area contributed by atoms with Gasteiger partial charge in [0.05, 0.1) is 18.9 Å². The molecule has 0 saturated carbocycles. The van der Waals surface area contributed by atoms with E-state index in [2.05, 4.69) is 45.5 Å². The maximum Gasteiger partial charge on any atom is 0.281 e. The van der Waals surface area contributed by atoms with Gasteiger partial charge in [0.15, 0.2) is 11.3 Å². The van der Waals surface area contributed by atoms with E-state index in [4.69, 9.17) is 15.0 Å². The summed E-state index contributed by atoms with van der Waals surface area (Å²) < 4.78 is 13.9. The van der Waals surface area contributed by atoms with Crippen molar-refractivity contribution in [2.75, 3.05) is 12.3 Å². The normalized spacial score (nSPS) is 19.0. The molecule has 10 heteroatoms. The first-order valence-corrected chi connectivity index (χ1v) is 9.71. The second kappa shape index (κ2) is 7.06. The summed E-state index contributed by atoms with van der Waals surface area (Å²) in [5, 5.41) is 12.3. The lowest BCUT2D eigenvalue weighted by Crippen LogP contribution is -2.28. The predicted molar refractivity (Wildman–Crippen MR) is 107 cm³/mol. The highest BCUT2D eigenvalue weighted by Gasteiger charge is 2.31. The summed E-state index contributed by atoms with van der Waals surface area (Å²) in [4.78, 5) is 17.3. The Morgan fingerprint density at radius 1 is 1.30 bits per heavy atom. The Hall–Kier alpha value is -3.53. The van der Waals surface area contributed by atoms with Crippen LogP contribution < -0.4 is 11.3 Å². The number of nitrogen functional groups attached to an aromatic ring is 1. The molecule has 30 heavy (non-hydrogen) atoms. The Kier molecular flexibility index (Phi) is 4.35. The Morgan fingerprint density at radius 2 is 2.17 bits per heavy atom. The second-order valence-electron chi connectivity index (χ2n) is 7.63. The Balaban J connectivity index is 1.36. The Bertz CT molecular complexity index is 1290. The number of rotatable bonds is 4. The number of fused-ring (bicyclic) bond motifs is 1. The van der Waals surface area contributed by atoms with E-state index in [0.29, 0.717) is 23.8 Å². The van der Waals surface area contributed by atoms with Crippen LogP contribution in [-0.4, -0.2) is 36.1 Å². The van der Waals surface area contributed by atoms with E-state index in [0.717, 1.165) is 17.5 Å². The molecule has 0 amide bonds. The lowest BCUT2D eigenvalue weighted by molar-refractivity contribution is 0.110. The van der Waals surface area contributed by atoms with Gasteiger partial charge in [-0.2, -0.15) is 10.1 Å². The van der Waals surface area contributed by atoms with Gasteiger partial charge in [0.25, 0.3) is 5.56 Å². The number of nitrogens with two attached hydrogens (primary N) is 1. The molecule has 4 heterocycles. The molecule has 2 atom stereocenters. The molecular formula is C20H21N7O3. The average Bonchev–Trinajstić information content (AvgIpc) is 3.45. The third-order valence-electron chi connectivity index (χ3n) is 5.41.